The van der Waals surface area contributed by atoms with Crippen LogP contribution in [0.4, 0.5) is 0 Å². The molecule has 0 atom stereocenters. The van der Waals surface area contributed by atoms with E-state index >= 15 is 0 Å². The van der Waals surface area contributed by atoms with Gasteiger partial charge in [-0.3, -0.25) is 0 Å². The third-order valence-electron chi connectivity index (χ3n) is 1.48. The Bertz CT molecular complexity index is 417. The number of pyridine rings is 1. The Morgan fingerprint density at radius 1 is 1.33 bits per heavy atom. The third-order valence-corrected chi connectivity index (χ3v) is 2.28. The fourth-order valence-electron chi connectivity index (χ4n) is 0.949. The van der Waals surface area contributed by atoms with Crippen LogP contribution in [-0.2, 0) is 0 Å². The van der Waals surface area contributed by atoms with Crippen LogP contribution in [0.2, 0.25) is 0 Å². The molecule has 2 aromatic heterocycles. The van der Waals surface area contributed by atoms with Crippen LogP contribution in [-0.4, -0.2) is 9.36 Å². The zero-order valence-electron chi connectivity index (χ0n) is 6.15. The van der Waals surface area contributed by atoms with Crippen molar-refractivity contribution >= 4 is 23.8 Å². The maximum Gasteiger partial charge on any atom is 0.103 e. The lowest BCUT2D eigenvalue weighted by Gasteiger charge is -1.94. The van der Waals surface area contributed by atoms with Crippen LogP contribution in [0.5, 0.6) is 0 Å². The van der Waals surface area contributed by atoms with Crippen molar-refractivity contribution in [1.82, 2.24) is 9.36 Å². The van der Waals surface area contributed by atoms with Gasteiger partial charge in [-0.1, -0.05) is 18.3 Å². The van der Waals surface area contributed by atoms with Gasteiger partial charge in [0, 0.05) is 5.38 Å². The Balaban J connectivity index is 2.55. The predicted molar refractivity (Wildman–Crippen MR) is 52.7 cm³/mol. The van der Waals surface area contributed by atoms with Gasteiger partial charge in [0.25, 0.3) is 0 Å². The van der Waals surface area contributed by atoms with Crippen molar-refractivity contribution in [2.45, 2.75) is 0 Å². The first-order valence-corrected chi connectivity index (χ1v) is 4.71. The van der Waals surface area contributed by atoms with Gasteiger partial charge >= 0.3 is 0 Å². The Labute approximate surface area is 79.1 Å². The van der Waals surface area contributed by atoms with Crippen molar-refractivity contribution in [2.75, 3.05) is 0 Å². The molecule has 12 heavy (non-hydrogen) atoms. The van der Waals surface area contributed by atoms with Crippen LogP contribution in [0.1, 0.15) is 0 Å². The smallest absolute Gasteiger partial charge is 0.103 e. The standard InChI is InChI=1S/C8H6N2S2/c11-8-3-1-2-6(9-8)7-4-5-12-10-7/h1-5H,(H,9,11). The van der Waals surface area contributed by atoms with Gasteiger partial charge in [0.2, 0.25) is 0 Å². The van der Waals surface area contributed by atoms with Crippen LogP contribution in [0, 0.1) is 4.64 Å². The Morgan fingerprint density at radius 2 is 2.25 bits per heavy atom. The first-order valence-electron chi connectivity index (χ1n) is 3.46. The lowest BCUT2D eigenvalue weighted by atomic mass is 10.3. The molecule has 0 aliphatic heterocycles. The normalized spacial score (nSPS) is 10.0. The number of nitrogens with one attached hydrogen (secondary N) is 1. The van der Waals surface area contributed by atoms with Crippen molar-refractivity contribution < 1.29 is 0 Å². The van der Waals surface area contributed by atoms with E-state index in [1.54, 1.807) is 0 Å². The van der Waals surface area contributed by atoms with Crippen molar-refractivity contribution in [3.8, 4) is 11.4 Å². The van der Waals surface area contributed by atoms with Gasteiger partial charge in [-0.25, -0.2) is 0 Å². The zero-order chi connectivity index (χ0) is 8.39. The van der Waals surface area contributed by atoms with E-state index in [-0.39, 0.29) is 0 Å². The highest BCUT2D eigenvalue weighted by Gasteiger charge is 1.97. The first-order chi connectivity index (χ1) is 5.86. The molecule has 4 heteroatoms. The summed E-state index contributed by atoms with van der Waals surface area (Å²) < 4.78 is 4.93. The van der Waals surface area contributed by atoms with Crippen LogP contribution in [0.25, 0.3) is 11.4 Å². The molecular formula is C8H6N2S2. The van der Waals surface area contributed by atoms with Gasteiger partial charge in [-0.15, -0.1) is 0 Å². The molecule has 0 bridgehead atoms. The molecule has 0 unspecified atom stereocenters. The van der Waals surface area contributed by atoms with Gasteiger partial charge < -0.3 is 4.98 Å². The van der Waals surface area contributed by atoms with Gasteiger partial charge in [-0.05, 0) is 29.7 Å². The molecule has 60 valence electrons. The van der Waals surface area contributed by atoms with Gasteiger partial charge in [0.15, 0.2) is 0 Å². The minimum absolute atomic E-state index is 0.737. The summed E-state index contributed by atoms with van der Waals surface area (Å²) in [6.45, 7) is 0. The van der Waals surface area contributed by atoms with Gasteiger partial charge in [-0.2, -0.15) is 4.37 Å². The molecule has 0 radical (unpaired) electrons. The van der Waals surface area contributed by atoms with Crippen LogP contribution < -0.4 is 0 Å². The van der Waals surface area contributed by atoms with Crippen LogP contribution in [0.3, 0.4) is 0 Å². The number of nitrogens with zero attached hydrogens (tertiary/aromatic N) is 1. The van der Waals surface area contributed by atoms with E-state index < -0.39 is 0 Å². The second-order valence-electron chi connectivity index (χ2n) is 2.31. The average Bonchev–Trinajstić information content (AvgIpc) is 2.56. The largest absolute Gasteiger partial charge is 0.345 e. The average molecular weight is 194 g/mol. The highest BCUT2D eigenvalue weighted by Crippen LogP contribution is 2.14. The molecule has 0 fully saturated rings. The first kappa shape index (κ1) is 7.64. The third kappa shape index (κ3) is 1.44. The number of rotatable bonds is 1. The highest BCUT2D eigenvalue weighted by atomic mass is 32.1. The fourth-order valence-corrected chi connectivity index (χ4v) is 1.66. The minimum atomic E-state index is 0.737. The molecule has 0 amide bonds. The van der Waals surface area contributed by atoms with E-state index in [1.165, 1.54) is 11.5 Å². The van der Waals surface area contributed by atoms with E-state index in [9.17, 15) is 0 Å². The number of aromatic amines is 1. The maximum absolute atomic E-state index is 4.99. The molecule has 2 aromatic rings. The zero-order valence-corrected chi connectivity index (χ0v) is 7.78. The molecule has 2 rings (SSSR count). The van der Waals surface area contributed by atoms with Crippen LogP contribution >= 0.6 is 23.8 Å². The van der Waals surface area contributed by atoms with E-state index in [0.717, 1.165) is 16.0 Å². The van der Waals surface area contributed by atoms with E-state index in [4.69, 9.17) is 12.2 Å². The predicted octanol–water partition coefficient (Wildman–Crippen LogP) is 2.87. The molecular weight excluding hydrogens is 188 g/mol. The molecule has 0 aliphatic rings. The molecule has 0 spiro atoms. The fraction of sp³-hybridized carbons (Fsp3) is 0. The molecule has 0 saturated heterocycles. The number of aromatic nitrogens is 2. The van der Waals surface area contributed by atoms with Crippen molar-refractivity contribution in [2.24, 2.45) is 0 Å². The van der Waals surface area contributed by atoms with Crippen molar-refractivity contribution in [3.05, 3.63) is 34.3 Å². The summed E-state index contributed by atoms with van der Waals surface area (Å²) in [5.74, 6) is 0. The molecule has 0 aromatic carbocycles. The molecule has 2 nitrogen and oxygen atoms in total. The monoisotopic (exact) mass is 194 g/mol. The molecule has 0 aliphatic carbocycles. The number of H-pyrrole nitrogens is 1. The van der Waals surface area contributed by atoms with Gasteiger partial charge in [0.05, 0.1) is 5.69 Å². The maximum atomic E-state index is 4.99. The summed E-state index contributed by atoms with van der Waals surface area (Å²) in [5.41, 5.74) is 1.93. The summed E-state index contributed by atoms with van der Waals surface area (Å²) in [4.78, 5) is 3.07. The van der Waals surface area contributed by atoms with E-state index in [2.05, 4.69) is 9.36 Å². The molecule has 0 saturated carbocycles. The van der Waals surface area contributed by atoms with Crippen LogP contribution in [0.15, 0.2) is 29.6 Å². The summed E-state index contributed by atoms with van der Waals surface area (Å²) in [6.07, 6.45) is 0. The Hall–Kier alpha value is -1.00. The Kier molecular flexibility index (Phi) is 2.01. The Morgan fingerprint density at radius 3 is 2.92 bits per heavy atom. The van der Waals surface area contributed by atoms with Gasteiger partial charge in [0.1, 0.15) is 10.3 Å². The summed E-state index contributed by atoms with van der Waals surface area (Å²) in [7, 11) is 0. The van der Waals surface area contributed by atoms with E-state index in [0.29, 0.717) is 0 Å². The summed E-state index contributed by atoms with van der Waals surface area (Å²) >= 11 is 6.43. The van der Waals surface area contributed by atoms with Crippen molar-refractivity contribution in [1.29, 1.82) is 0 Å². The minimum Gasteiger partial charge on any atom is -0.345 e. The highest BCUT2D eigenvalue weighted by molar-refractivity contribution is 7.71. The lowest BCUT2D eigenvalue weighted by Crippen LogP contribution is -1.81. The van der Waals surface area contributed by atoms with Crippen molar-refractivity contribution in [3.63, 3.8) is 0 Å². The topological polar surface area (TPSA) is 28.7 Å². The molecule has 1 N–H and O–H groups in total. The summed E-state index contributed by atoms with van der Waals surface area (Å²) in [5, 5.41) is 1.94. The number of hydrogen-bond donors (Lipinski definition) is 1. The van der Waals surface area contributed by atoms with E-state index in [1.807, 2.05) is 29.6 Å². The molecule has 2 heterocycles. The SMILES string of the molecule is S=c1cccc(-c2ccsn2)[nH]1. The summed E-state index contributed by atoms with van der Waals surface area (Å²) in [6, 6.07) is 7.70. The second-order valence-corrected chi connectivity index (χ2v) is 3.42. The number of hydrogen-bond acceptors (Lipinski definition) is 3. The lowest BCUT2D eigenvalue weighted by molar-refractivity contribution is 1.28. The second kappa shape index (κ2) is 3.16. The quantitative estimate of drug-likeness (QED) is 0.707.